The lowest BCUT2D eigenvalue weighted by Crippen LogP contribution is -2.37. The summed E-state index contributed by atoms with van der Waals surface area (Å²) in [7, 11) is -3.54. The second-order valence-electron chi connectivity index (χ2n) is 5.61. The van der Waals surface area contributed by atoms with E-state index in [0.29, 0.717) is 13.0 Å². The molecule has 1 unspecified atom stereocenters. The van der Waals surface area contributed by atoms with Crippen molar-refractivity contribution in [1.29, 1.82) is 0 Å². The predicted octanol–water partition coefficient (Wildman–Crippen LogP) is 3.34. The van der Waals surface area contributed by atoms with Gasteiger partial charge in [0.25, 0.3) is 0 Å². The van der Waals surface area contributed by atoms with Crippen molar-refractivity contribution < 1.29 is 17.4 Å². The number of rotatable bonds is 9. The van der Waals surface area contributed by atoms with Gasteiger partial charge >= 0.3 is 10.1 Å². The maximum Gasteiger partial charge on any atom is 0.308 e. The Balaban J connectivity index is 2.94. The number of benzene rings is 1. The number of amides is 1. The quantitative estimate of drug-likeness (QED) is 0.646. The highest BCUT2D eigenvalue weighted by atomic mass is 32.2. The van der Waals surface area contributed by atoms with Crippen molar-refractivity contribution in [2.45, 2.75) is 59.5 Å². The van der Waals surface area contributed by atoms with E-state index in [1.54, 1.807) is 18.2 Å². The fraction of sp³-hybridized carbons (Fsp3) is 0.588. The third-order valence-electron chi connectivity index (χ3n) is 3.74. The summed E-state index contributed by atoms with van der Waals surface area (Å²) in [5, 5.41) is 0. The van der Waals surface area contributed by atoms with Gasteiger partial charge in [0.2, 0.25) is 5.91 Å². The highest BCUT2D eigenvalue weighted by Gasteiger charge is 2.19. The van der Waals surface area contributed by atoms with Crippen LogP contribution in [0.5, 0.6) is 5.75 Å². The highest BCUT2D eigenvalue weighted by molar-refractivity contribution is 7.87. The predicted molar refractivity (Wildman–Crippen MR) is 91.7 cm³/mol. The van der Waals surface area contributed by atoms with Crippen molar-refractivity contribution in [3.05, 3.63) is 29.8 Å². The smallest absolute Gasteiger partial charge is 0.308 e. The molecule has 1 aromatic rings. The third-order valence-corrected chi connectivity index (χ3v) is 4.89. The van der Waals surface area contributed by atoms with Crippen molar-refractivity contribution in [1.82, 2.24) is 4.90 Å². The second kappa shape index (κ2) is 8.91. The molecule has 0 fully saturated rings. The summed E-state index contributed by atoms with van der Waals surface area (Å²) < 4.78 is 28.2. The SMILES string of the molecule is CCCC(=O)N(Cc1cccc(OS(=O)(=O)CC)c1)C(C)CC. The van der Waals surface area contributed by atoms with Gasteiger partial charge in [-0.2, -0.15) is 8.42 Å². The van der Waals surface area contributed by atoms with Crippen LogP contribution >= 0.6 is 0 Å². The molecule has 0 saturated carbocycles. The number of nitrogens with zero attached hydrogens (tertiary/aromatic N) is 1. The molecule has 0 aliphatic heterocycles. The van der Waals surface area contributed by atoms with Crippen LogP contribution in [0.3, 0.4) is 0 Å². The van der Waals surface area contributed by atoms with Gasteiger partial charge in [-0.1, -0.05) is 26.0 Å². The summed E-state index contributed by atoms with van der Waals surface area (Å²) in [6.07, 6.45) is 2.20. The average molecular weight is 341 g/mol. The van der Waals surface area contributed by atoms with Crippen LogP contribution < -0.4 is 4.18 Å². The van der Waals surface area contributed by atoms with Crippen LogP contribution in [0.25, 0.3) is 0 Å². The van der Waals surface area contributed by atoms with Gasteiger partial charge in [-0.3, -0.25) is 4.79 Å². The standard InChI is InChI=1S/C17H27NO4S/c1-5-9-17(19)18(14(4)6-2)13-15-10-8-11-16(12-15)22-23(20,21)7-3/h8,10-12,14H,5-7,9,13H2,1-4H3. The molecule has 0 bridgehead atoms. The zero-order chi connectivity index (χ0) is 17.5. The fourth-order valence-corrected chi connectivity index (χ4v) is 2.68. The monoisotopic (exact) mass is 341 g/mol. The Morgan fingerprint density at radius 1 is 1.26 bits per heavy atom. The number of hydrogen-bond acceptors (Lipinski definition) is 4. The van der Waals surface area contributed by atoms with Gasteiger partial charge in [0.15, 0.2) is 0 Å². The Morgan fingerprint density at radius 3 is 2.52 bits per heavy atom. The first-order chi connectivity index (χ1) is 10.8. The second-order valence-corrected chi connectivity index (χ2v) is 7.47. The highest BCUT2D eigenvalue weighted by Crippen LogP contribution is 2.19. The Bertz CT molecular complexity index is 613. The molecular weight excluding hydrogens is 314 g/mol. The van der Waals surface area contributed by atoms with Gasteiger partial charge < -0.3 is 9.08 Å². The van der Waals surface area contributed by atoms with Crippen LogP contribution in [-0.4, -0.2) is 31.0 Å². The van der Waals surface area contributed by atoms with E-state index < -0.39 is 10.1 Å². The molecule has 1 rings (SSSR count). The van der Waals surface area contributed by atoms with E-state index >= 15 is 0 Å². The van der Waals surface area contributed by atoms with Crippen molar-refractivity contribution in [3.8, 4) is 5.75 Å². The fourth-order valence-electron chi connectivity index (χ4n) is 2.17. The summed E-state index contributed by atoms with van der Waals surface area (Å²) in [6, 6.07) is 7.05. The molecule has 0 aromatic heterocycles. The van der Waals surface area contributed by atoms with Gasteiger partial charge in [-0.15, -0.1) is 0 Å². The van der Waals surface area contributed by atoms with Gasteiger partial charge in [-0.05, 0) is 44.4 Å². The summed E-state index contributed by atoms with van der Waals surface area (Å²) in [5.41, 5.74) is 0.860. The normalized spacial score (nSPS) is 12.7. The van der Waals surface area contributed by atoms with Gasteiger partial charge in [-0.25, -0.2) is 0 Å². The summed E-state index contributed by atoms with van der Waals surface area (Å²) in [5.74, 6) is 0.330. The summed E-state index contributed by atoms with van der Waals surface area (Å²) >= 11 is 0. The van der Waals surface area contributed by atoms with Crippen LogP contribution in [0.4, 0.5) is 0 Å². The Morgan fingerprint density at radius 2 is 1.96 bits per heavy atom. The molecule has 0 aliphatic rings. The number of hydrogen-bond donors (Lipinski definition) is 0. The average Bonchev–Trinajstić information content (AvgIpc) is 2.52. The van der Waals surface area contributed by atoms with E-state index in [1.165, 1.54) is 6.92 Å². The van der Waals surface area contributed by atoms with Gasteiger partial charge in [0.05, 0.1) is 5.75 Å². The van der Waals surface area contributed by atoms with Crippen LogP contribution in [0.1, 0.15) is 52.5 Å². The molecule has 23 heavy (non-hydrogen) atoms. The number of carbonyl (C=O) groups is 1. The minimum absolute atomic E-state index is 0.0782. The Hall–Kier alpha value is -1.56. The molecule has 6 heteroatoms. The zero-order valence-corrected chi connectivity index (χ0v) is 15.2. The maximum atomic E-state index is 12.3. The lowest BCUT2D eigenvalue weighted by atomic mass is 10.1. The molecule has 5 nitrogen and oxygen atoms in total. The van der Waals surface area contributed by atoms with E-state index in [0.717, 1.165) is 18.4 Å². The first-order valence-electron chi connectivity index (χ1n) is 8.13. The largest absolute Gasteiger partial charge is 0.382 e. The molecule has 1 atom stereocenters. The first-order valence-corrected chi connectivity index (χ1v) is 9.71. The van der Waals surface area contributed by atoms with E-state index in [-0.39, 0.29) is 23.5 Å². The van der Waals surface area contributed by atoms with E-state index in [2.05, 4.69) is 0 Å². The molecule has 130 valence electrons. The first kappa shape index (κ1) is 19.5. The maximum absolute atomic E-state index is 12.3. The lowest BCUT2D eigenvalue weighted by molar-refractivity contribution is -0.134. The van der Waals surface area contributed by atoms with Crippen molar-refractivity contribution in [3.63, 3.8) is 0 Å². The third kappa shape index (κ3) is 6.22. The minimum Gasteiger partial charge on any atom is -0.382 e. The molecule has 0 N–H and O–H groups in total. The van der Waals surface area contributed by atoms with Crippen molar-refractivity contribution in [2.24, 2.45) is 0 Å². The Kier molecular flexibility index (Phi) is 7.55. The van der Waals surface area contributed by atoms with E-state index in [4.69, 9.17) is 4.18 Å². The number of carbonyl (C=O) groups excluding carboxylic acids is 1. The molecular formula is C17H27NO4S. The molecule has 0 aliphatic carbocycles. The summed E-state index contributed by atoms with van der Waals surface area (Å²) in [6.45, 7) is 8.04. The van der Waals surface area contributed by atoms with Crippen LogP contribution in [0.2, 0.25) is 0 Å². The molecule has 0 saturated heterocycles. The minimum atomic E-state index is -3.54. The Labute approximate surface area is 139 Å². The van der Waals surface area contributed by atoms with Crippen LogP contribution in [0.15, 0.2) is 24.3 Å². The summed E-state index contributed by atoms with van der Waals surface area (Å²) in [4.78, 5) is 14.2. The van der Waals surface area contributed by atoms with Crippen LogP contribution in [-0.2, 0) is 21.5 Å². The van der Waals surface area contributed by atoms with Crippen molar-refractivity contribution >= 4 is 16.0 Å². The molecule has 0 heterocycles. The van der Waals surface area contributed by atoms with E-state index in [9.17, 15) is 13.2 Å². The lowest BCUT2D eigenvalue weighted by Gasteiger charge is -2.29. The molecule has 1 aromatic carbocycles. The molecule has 1 amide bonds. The van der Waals surface area contributed by atoms with Crippen LogP contribution in [0, 0.1) is 0 Å². The topological polar surface area (TPSA) is 63.7 Å². The van der Waals surface area contributed by atoms with E-state index in [1.807, 2.05) is 31.7 Å². The van der Waals surface area contributed by atoms with Gasteiger partial charge in [0.1, 0.15) is 5.75 Å². The molecule has 0 spiro atoms. The molecule has 0 radical (unpaired) electrons. The van der Waals surface area contributed by atoms with Gasteiger partial charge in [0, 0.05) is 19.0 Å². The zero-order valence-electron chi connectivity index (χ0n) is 14.4. The van der Waals surface area contributed by atoms with Crippen molar-refractivity contribution in [2.75, 3.05) is 5.75 Å².